The number of esters is 1. The van der Waals surface area contributed by atoms with E-state index in [0.29, 0.717) is 12.3 Å². The lowest BCUT2D eigenvalue weighted by molar-refractivity contribution is -0.140. The first-order chi connectivity index (χ1) is 11.7. The molecule has 1 rings (SSSR count). The van der Waals surface area contributed by atoms with Crippen LogP contribution in [0.25, 0.3) is 0 Å². The Morgan fingerprint density at radius 2 is 1.79 bits per heavy atom. The van der Waals surface area contributed by atoms with Crippen LogP contribution in [0.2, 0.25) is 0 Å². The number of allylic oxidation sites excluding steroid dienone is 6. The van der Waals surface area contributed by atoms with Gasteiger partial charge >= 0.3 is 5.97 Å². The van der Waals surface area contributed by atoms with Crippen molar-refractivity contribution in [3.8, 4) is 0 Å². The predicted molar refractivity (Wildman–Crippen MR) is 98.7 cm³/mol. The van der Waals surface area contributed by atoms with Gasteiger partial charge in [-0.05, 0) is 50.5 Å². The van der Waals surface area contributed by atoms with Gasteiger partial charge in [0, 0.05) is 12.3 Å². The summed E-state index contributed by atoms with van der Waals surface area (Å²) in [4.78, 5) is 23.0. The molecule has 0 saturated carbocycles. The molecule has 0 fully saturated rings. The van der Waals surface area contributed by atoms with Gasteiger partial charge < -0.3 is 4.74 Å². The number of ether oxygens (including phenoxy) is 1. The SMILES string of the molecule is CCCCC/C=C\CC1C=CC(=O)C1C/C=C\CCCC(=O)OC. The molecule has 0 N–H and O–H groups in total. The Labute approximate surface area is 146 Å². The van der Waals surface area contributed by atoms with Gasteiger partial charge in [0.05, 0.1) is 7.11 Å². The highest BCUT2D eigenvalue weighted by atomic mass is 16.5. The van der Waals surface area contributed by atoms with Crippen molar-refractivity contribution in [3.05, 3.63) is 36.5 Å². The van der Waals surface area contributed by atoms with E-state index >= 15 is 0 Å². The smallest absolute Gasteiger partial charge is 0.305 e. The van der Waals surface area contributed by atoms with E-state index in [1.807, 2.05) is 0 Å². The third-order valence-electron chi connectivity index (χ3n) is 4.48. The summed E-state index contributed by atoms with van der Waals surface area (Å²) in [6.45, 7) is 2.21. The van der Waals surface area contributed by atoms with E-state index in [4.69, 9.17) is 0 Å². The van der Waals surface area contributed by atoms with Gasteiger partial charge in [-0.25, -0.2) is 0 Å². The molecule has 2 atom stereocenters. The van der Waals surface area contributed by atoms with Crippen molar-refractivity contribution < 1.29 is 14.3 Å². The minimum absolute atomic E-state index is 0.0853. The molecule has 0 radical (unpaired) electrons. The monoisotopic (exact) mass is 332 g/mol. The second-order valence-corrected chi connectivity index (χ2v) is 6.41. The standard InChI is InChI=1S/C21H32O3/c1-3-4-5-6-7-10-13-18-16-17-20(22)19(18)14-11-8-9-12-15-21(23)24-2/h7-8,10-11,16-19H,3-6,9,12-15H2,1-2H3/b10-7-,11-8-. The molecular formula is C21H32O3. The van der Waals surface area contributed by atoms with Gasteiger partial charge in [-0.1, -0.05) is 50.1 Å². The zero-order valence-corrected chi connectivity index (χ0v) is 15.2. The van der Waals surface area contributed by atoms with Crippen molar-refractivity contribution in [1.29, 1.82) is 0 Å². The first kappa shape index (κ1) is 20.4. The Bertz CT molecular complexity index is 460. The lowest BCUT2D eigenvalue weighted by atomic mass is 9.88. The summed E-state index contributed by atoms with van der Waals surface area (Å²) in [5.74, 6) is 0.504. The van der Waals surface area contributed by atoms with Crippen LogP contribution in [0.1, 0.15) is 64.7 Å². The molecule has 3 heteroatoms. The van der Waals surface area contributed by atoms with Crippen LogP contribution in [0.15, 0.2) is 36.5 Å². The second-order valence-electron chi connectivity index (χ2n) is 6.41. The van der Waals surface area contributed by atoms with Crippen LogP contribution in [0.4, 0.5) is 0 Å². The van der Waals surface area contributed by atoms with Crippen molar-refractivity contribution in [1.82, 2.24) is 0 Å². The molecule has 0 bridgehead atoms. The van der Waals surface area contributed by atoms with Crippen LogP contribution in [-0.4, -0.2) is 18.9 Å². The van der Waals surface area contributed by atoms with E-state index in [0.717, 1.165) is 32.1 Å². The third kappa shape index (κ3) is 8.28. The van der Waals surface area contributed by atoms with Gasteiger partial charge in [0.1, 0.15) is 0 Å². The normalized spacial score (nSPS) is 20.5. The lowest BCUT2D eigenvalue weighted by Crippen LogP contribution is -2.14. The molecule has 1 aliphatic rings. The Morgan fingerprint density at radius 3 is 2.50 bits per heavy atom. The summed E-state index contributed by atoms with van der Waals surface area (Å²) in [6, 6.07) is 0. The number of unbranched alkanes of at least 4 members (excludes halogenated alkanes) is 4. The van der Waals surface area contributed by atoms with Crippen molar-refractivity contribution >= 4 is 11.8 Å². The molecule has 0 aromatic heterocycles. The average Bonchev–Trinajstić information content (AvgIpc) is 2.94. The van der Waals surface area contributed by atoms with Gasteiger partial charge in [0.25, 0.3) is 0 Å². The van der Waals surface area contributed by atoms with Gasteiger partial charge in [-0.2, -0.15) is 0 Å². The zero-order chi connectivity index (χ0) is 17.6. The van der Waals surface area contributed by atoms with Crippen molar-refractivity contribution in [2.24, 2.45) is 11.8 Å². The van der Waals surface area contributed by atoms with E-state index in [2.05, 4.69) is 42.0 Å². The van der Waals surface area contributed by atoms with Gasteiger partial charge in [-0.3, -0.25) is 9.59 Å². The number of methoxy groups -OCH3 is 1. The van der Waals surface area contributed by atoms with Crippen LogP contribution in [-0.2, 0) is 14.3 Å². The van der Waals surface area contributed by atoms with Gasteiger partial charge in [-0.15, -0.1) is 0 Å². The molecule has 1 aliphatic carbocycles. The van der Waals surface area contributed by atoms with Crippen LogP contribution in [0.3, 0.4) is 0 Å². The largest absolute Gasteiger partial charge is 0.469 e. The second kappa shape index (κ2) is 12.7. The van der Waals surface area contributed by atoms with E-state index in [-0.39, 0.29) is 17.7 Å². The van der Waals surface area contributed by atoms with Crippen molar-refractivity contribution in [2.75, 3.05) is 7.11 Å². The Kier molecular flexibility index (Phi) is 10.8. The topological polar surface area (TPSA) is 43.4 Å². The molecule has 2 unspecified atom stereocenters. The van der Waals surface area contributed by atoms with Crippen LogP contribution in [0, 0.1) is 11.8 Å². The Morgan fingerprint density at radius 1 is 1.08 bits per heavy atom. The summed E-state index contributed by atoms with van der Waals surface area (Å²) in [6.07, 6.45) is 21.2. The summed E-state index contributed by atoms with van der Waals surface area (Å²) in [5, 5.41) is 0. The molecular weight excluding hydrogens is 300 g/mol. The summed E-state index contributed by atoms with van der Waals surface area (Å²) < 4.78 is 4.61. The summed E-state index contributed by atoms with van der Waals surface area (Å²) >= 11 is 0. The lowest BCUT2D eigenvalue weighted by Gasteiger charge is -2.14. The van der Waals surface area contributed by atoms with E-state index < -0.39 is 0 Å². The molecule has 0 heterocycles. The maximum absolute atomic E-state index is 12.0. The maximum Gasteiger partial charge on any atom is 0.305 e. The number of carbonyl (C=O) groups excluding carboxylic acids is 2. The Hall–Kier alpha value is -1.64. The van der Waals surface area contributed by atoms with E-state index in [1.54, 1.807) is 6.08 Å². The molecule has 0 saturated heterocycles. The highest BCUT2D eigenvalue weighted by Crippen LogP contribution is 2.29. The van der Waals surface area contributed by atoms with Gasteiger partial charge in [0.2, 0.25) is 0 Å². The molecule has 0 aromatic rings. The minimum Gasteiger partial charge on any atom is -0.469 e. The quantitative estimate of drug-likeness (QED) is 0.281. The highest BCUT2D eigenvalue weighted by Gasteiger charge is 2.27. The minimum atomic E-state index is -0.163. The molecule has 0 spiro atoms. The molecule has 0 aliphatic heterocycles. The molecule has 0 amide bonds. The highest BCUT2D eigenvalue weighted by molar-refractivity contribution is 5.94. The fourth-order valence-electron chi connectivity index (χ4n) is 2.93. The third-order valence-corrected chi connectivity index (χ3v) is 4.48. The fraction of sp³-hybridized carbons (Fsp3) is 0.619. The molecule has 134 valence electrons. The first-order valence-electron chi connectivity index (χ1n) is 9.27. The van der Waals surface area contributed by atoms with Crippen molar-refractivity contribution in [2.45, 2.75) is 64.7 Å². The van der Waals surface area contributed by atoms with Crippen molar-refractivity contribution in [3.63, 3.8) is 0 Å². The summed E-state index contributed by atoms with van der Waals surface area (Å²) in [5.41, 5.74) is 0. The van der Waals surface area contributed by atoms with Crippen LogP contribution >= 0.6 is 0 Å². The first-order valence-corrected chi connectivity index (χ1v) is 9.27. The molecule has 3 nitrogen and oxygen atoms in total. The fourth-order valence-corrected chi connectivity index (χ4v) is 2.93. The number of ketones is 1. The van der Waals surface area contributed by atoms with Crippen LogP contribution < -0.4 is 0 Å². The number of hydrogen-bond donors (Lipinski definition) is 0. The maximum atomic E-state index is 12.0. The zero-order valence-electron chi connectivity index (χ0n) is 15.2. The molecule has 24 heavy (non-hydrogen) atoms. The van der Waals surface area contributed by atoms with Crippen LogP contribution in [0.5, 0.6) is 0 Å². The van der Waals surface area contributed by atoms with E-state index in [9.17, 15) is 9.59 Å². The number of carbonyl (C=O) groups is 2. The summed E-state index contributed by atoms with van der Waals surface area (Å²) in [7, 11) is 1.41. The Balaban J connectivity index is 2.26. The predicted octanol–water partition coefficient (Wildman–Crippen LogP) is 5.17. The number of hydrogen-bond acceptors (Lipinski definition) is 3. The molecule has 0 aromatic carbocycles. The average molecular weight is 332 g/mol. The van der Waals surface area contributed by atoms with Gasteiger partial charge in [0.15, 0.2) is 5.78 Å². The van der Waals surface area contributed by atoms with E-state index in [1.165, 1.54) is 26.4 Å². The number of rotatable bonds is 12.